The van der Waals surface area contributed by atoms with Gasteiger partial charge in [0.15, 0.2) is 5.78 Å². The van der Waals surface area contributed by atoms with Crippen LogP contribution in [0.3, 0.4) is 0 Å². The molecule has 0 aromatic heterocycles. The normalized spacial score (nSPS) is 14.1. The molecule has 1 heterocycles. The quantitative estimate of drug-likeness (QED) is 0.308. The number of Topliss-reactive ketones (excluding diaryl/α,β-unsaturated/α-hetero) is 1. The Labute approximate surface area is 241 Å². The van der Waals surface area contributed by atoms with E-state index in [-0.39, 0.29) is 47.0 Å². The molecule has 1 atom stereocenters. The number of hydrogen-bond acceptors (Lipinski definition) is 6. The number of ether oxygens (including phenoxy) is 3. The van der Waals surface area contributed by atoms with Gasteiger partial charge in [-0.1, -0.05) is 29.3 Å². The third kappa shape index (κ3) is 6.55. The second kappa shape index (κ2) is 12.8. The molecule has 0 aliphatic carbocycles. The topological polar surface area (TPSA) is 84.9 Å². The number of ketones is 1. The minimum Gasteiger partial charge on any atom is -0.549 e. The average Bonchev–Trinajstić information content (AvgIpc) is 2.85. The minimum absolute atomic E-state index is 0. The maximum Gasteiger partial charge on any atom is 1.00 e. The van der Waals surface area contributed by atoms with E-state index in [9.17, 15) is 14.7 Å². The van der Waals surface area contributed by atoms with E-state index in [0.29, 0.717) is 64.8 Å². The number of hydrogen-bond donors (Lipinski definition) is 0. The number of benzene rings is 3. The zero-order chi connectivity index (χ0) is 24.9. The number of methoxy groups -OCH3 is 1. The molecular weight excluding hydrogens is 514 g/mol. The van der Waals surface area contributed by atoms with Crippen LogP contribution in [0.15, 0.2) is 54.6 Å². The number of fused-ring (bicyclic) bond motifs is 1. The van der Waals surface area contributed by atoms with Crippen LogP contribution in [-0.4, -0.2) is 25.5 Å². The standard InChI is InChI=1S/C27H24Cl2O6.Na/c1-33-24-7-3-5-21(28)19(24)4-2-6-23(30)16-8-10-17(11-9-16)35-26-15-25-20(14-22(26)29)18(27(31)32)12-13-34-25;/h3,5,7-11,14-15,18H,2,4,6,12-13H2,1H3,(H,31,32);/q;+1/p-1. The fourth-order valence-electron chi connectivity index (χ4n) is 4.09. The molecule has 0 N–H and O–H groups in total. The molecule has 1 aliphatic heterocycles. The van der Waals surface area contributed by atoms with Gasteiger partial charge in [-0.3, -0.25) is 4.79 Å². The molecule has 36 heavy (non-hydrogen) atoms. The van der Waals surface area contributed by atoms with Crippen molar-refractivity contribution >= 4 is 35.0 Å². The number of rotatable bonds is 9. The fourth-order valence-corrected chi connectivity index (χ4v) is 4.56. The fraction of sp³-hybridized carbons (Fsp3) is 0.259. The second-order valence-electron chi connectivity index (χ2n) is 8.15. The molecule has 3 aromatic carbocycles. The van der Waals surface area contributed by atoms with Gasteiger partial charge in [0.05, 0.1) is 18.7 Å². The molecule has 0 saturated carbocycles. The number of carbonyl (C=O) groups excluding carboxylic acids is 2. The molecule has 182 valence electrons. The molecule has 0 radical (unpaired) electrons. The van der Waals surface area contributed by atoms with Crippen LogP contribution in [0.5, 0.6) is 23.0 Å². The van der Waals surface area contributed by atoms with Crippen LogP contribution in [0, 0.1) is 0 Å². The number of carboxylic acids is 1. The van der Waals surface area contributed by atoms with Crippen molar-refractivity contribution in [2.24, 2.45) is 0 Å². The molecule has 9 heteroatoms. The van der Waals surface area contributed by atoms with Gasteiger partial charge in [-0.05, 0) is 61.7 Å². The van der Waals surface area contributed by atoms with Crippen molar-refractivity contribution in [3.8, 4) is 23.0 Å². The largest absolute Gasteiger partial charge is 1.00 e. The molecular formula is C27H23Cl2NaO6. The predicted molar refractivity (Wildman–Crippen MR) is 131 cm³/mol. The van der Waals surface area contributed by atoms with Crippen LogP contribution in [-0.2, 0) is 11.2 Å². The van der Waals surface area contributed by atoms with E-state index in [2.05, 4.69) is 0 Å². The van der Waals surface area contributed by atoms with E-state index < -0.39 is 11.9 Å². The molecule has 1 unspecified atom stereocenters. The first-order valence-corrected chi connectivity index (χ1v) is 11.9. The Morgan fingerprint density at radius 3 is 2.50 bits per heavy atom. The maximum absolute atomic E-state index is 12.6. The summed E-state index contributed by atoms with van der Waals surface area (Å²) in [6.45, 7) is 0.271. The van der Waals surface area contributed by atoms with E-state index in [1.54, 1.807) is 37.4 Å². The number of halogens is 2. The smallest absolute Gasteiger partial charge is 0.549 e. The molecule has 0 saturated heterocycles. The summed E-state index contributed by atoms with van der Waals surface area (Å²) in [5, 5.41) is 12.3. The van der Waals surface area contributed by atoms with Crippen molar-refractivity contribution in [2.75, 3.05) is 13.7 Å². The molecule has 0 fully saturated rings. The average molecular weight is 537 g/mol. The molecule has 1 aliphatic rings. The van der Waals surface area contributed by atoms with Crippen molar-refractivity contribution in [2.45, 2.75) is 31.6 Å². The Bertz CT molecular complexity index is 1250. The molecule has 6 nitrogen and oxygen atoms in total. The van der Waals surface area contributed by atoms with Crippen LogP contribution in [0.4, 0.5) is 0 Å². The van der Waals surface area contributed by atoms with Crippen molar-refractivity contribution < 1.29 is 58.5 Å². The zero-order valence-corrected chi connectivity index (χ0v) is 23.5. The summed E-state index contributed by atoms with van der Waals surface area (Å²) >= 11 is 12.6. The van der Waals surface area contributed by atoms with E-state index >= 15 is 0 Å². The van der Waals surface area contributed by atoms with Crippen LogP contribution in [0.2, 0.25) is 10.0 Å². The first-order chi connectivity index (χ1) is 16.9. The molecule has 4 rings (SSSR count). The summed E-state index contributed by atoms with van der Waals surface area (Å²) in [6.07, 6.45) is 1.96. The number of aliphatic carboxylic acids is 1. The van der Waals surface area contributed by atoms with Gasteiger partial charge < -0.3 is 24.1 Å². The van der Waals surface area contributed by atoms with E-state index in [0.717, 1.165) is 5.56 Å². The van der Waals surface area contributed by atoms with E-state index in [1.807, 2.05) is 18.2 Å². The summed E-state index contributed by atoms with van der Waals surface area (Å²) in [5.41, 5.74) is 1.94. The number of carboxylic acid groups (broad SMARTS) is 1. The van der Waals surface area contributed by atoms with Gasteiger partial charge in [0.1, 0.15) is 23.0 Å². The summed E-state index contributed by atoms with van der Waals surface area (Å²) < 4.78 is 16.8. The SMILES string of the molecule is COc1cccc(Cl)c1CCCC(=O)c1ccc(Oc2cc3c(cc2Cl)C(C(=O)[O-])CCO3)cc1.[Na+]. The summed E-state index contributed by atoms with van der Waals surface area (Å²) in [6, 6.07) is 15.4. The van der Waals surface area contributed by atoms with Crippen LogP contribution in [0.25, 0.3) is 0 Å². The van der Waals surface area contributed by atoms with Gasteiger partial charge in [-0.15, -0.1) is 0 Å². The Balaban J connectivity index is 0.00000361. The van der Waals surface area contributed by atoms with Crippen molar-refractivity contribution in [3.05, 3.63) is 81.3 Å². The molecule has 0 bridgehead atoms. The second-order valence-corrected chi connectivity index (χ2v) is 8.97. The monoisotopic (exact) mass is 536 g/mol. The Morgan fingerprint density at radius 2 is 1.81 bits per heavy atom. The summed E-state index contributed by atoms with van der Waals surface area (Å²) in [7, 11) is 1.60. The summed E-state index contributed by atoms with van der Waals surface area (Å²) in [4.78, 5) is 24.0. The van der Waals surface area contributed by atoms with Gasteiger partial charge >= 0.3 is 29.6 Å². The Hall–Kier alpha value is -2.22. The van der Waals surface area contributed by atoms with Gasteiger partial charge in [0, 0.05) is 46.1 Å². The third-order valence-electron chi connectivity index (χ3n) is 5.92. The van der Waals surface area contributed by atoms with Gasteiger partial charge in [0.25, 0.3) is 0 Å². The van der Waals surface area contributed by atoms with Crippen molar-refractivity contribution in [1.82, 2.24) is 0 Å². The van der Waals surface area contributed by atoms with Crippen LogP contribution >= 0.6 is 23.2 Å². The number of carbonyl (C=O) groups is 2. The summed E-state index contributed by atoms with van der Waals surface area (Å²) in [5.74, 6) is 0.0181. The van der Waals surface area contributed by atoms with Crippen molar-refractivity contribution in [1.29, 1.82) is 0 Å². The van der Waals surface area contributed by atoms with Crippen LogP contribution in [0.1, 0.15) is 46.7 Å². The Morgan fingerprint density at radius 1 is 1.06 bits per heavy atom. The zero-order valence-electron chi connectivity index (χ0n) is 20.0. The van der Waals surface area contributed by atoms with Crippen molar-refractivity contribution in [3.63, 3.8) is 0 Å². The van der Waals surface area contributed by atoms with E-state index in [1.165, 1.54) is 6.07 Å². The van der Waals surface area contributed by atoms with E-state index in [4.69, 9.17) is 37.4 Å². The van der Waals surface area contributed by atoms with Gasteiger partial charge in [-0.25, -0.2) is 0 Å². The molecule has 0 spiro atoms. The third-order valence-corrected chi connectivity index (χ3v) is 6.57. The Kier molecular flexibility index (Phi) is 10.1. The maximum atomic E-state index is 12.6. The van der Waals surface area contributed by atoms with Crippen LogP contribution < -0.4 is 48.9 Å². The first kappa shape index (κ1) is 28.4. The molecule has 3 aromatic rings. The first-order valence-electron chi connectivity index (χ1n) is 11.2. The minimum atomic E-state index is -1.16. The van der Waals surface area contributed by atoms with Gasteiger partial charge in [-0.2, -0.15) is 0 Å². The van der Waals surface area contributed by atoms with Gasteiger partial charge in [0.2, 0.25) is 0 Å². The molecule has 0 amide bonds. The predicted octanol–water partition coefficient (Wildman–Crippen LogP) is 2.62.